The molecule has 0 heterocycles. The van der Waals surface area contributed by atoms with Crippen molar-refractivity contribution in [1.82, 2.24) is 5.48 Å². The average molecular weight is 129 g/mol. The Balaban J connectivity index is 3.63. The van der Waals surface area contributed by atoms with Gasteiger partial charge in [-0.1, -0.05) is 5.57 Å². The maximum Gasteiger partial charge on any atom is 0.267 e. The molecule has 0 radical (unpaired) electrons. The molecule has 0 bridgehead atoms. The molecule has 0 atom stereocenters. The molecule has 0 aromatic heterocycles. The van der Waals surface area contributed by atoms with Crippen LogP contribution in [0.25, 0.3) is 0 Å². The number of rotatable bonds is 2. The average Bonchev–Trinajstić information content (AvgIpc) is 1.63. The standard InChI is InChI=1S/C6H11NO2/c1-5(2)4-6(8)7-9-3/h4H,1-3H3,(H,7,8). The van der Waals surface area contributed by atoms with E-state index in [1.165, 1.54) is 13.2 Å². The number of hydrogen-bond donors (Lipinski definition) is 1. The van der Waals surface area contributed by atoms with Crippen molar-refractivity contribution in [3.63, 3.8) is 0 Å². The van der Waals surface area contributed by atoms with E-state index in [2.05, 4.69) is 10.3 Å². The summed E-state index contributed by atoms with van der Waals surface area (Å²) in [5, 5.41) is 0. The van der Waals surface area contributed by atoms with E-state index in [1.807, 2.05) is 13.8 Å². The first-order valence-corrected chi connectivity index (χ1v) is 2.64. The zero-order valence-electron chi connectivity index (χ0n) is 5.89. The first kappa shape index (κ1) is 8.17. The van der Waals surface area contributed by atoms with Gasteiger partial charge in [0, 0.05) is 6.08 Å². The molecular weight excluding hydrogens is 118 g/mol. The van der Waals surface area contributed by atoms with Crippen molar-refractivity contribution in [3.8, 4) is 0 Å². The molecule has 0 spiro atoms. The van der Waals surface area contributed by atoms with E-state index in [4.69, 9.17) is 0 Å². The molecule has 0 aliphatic heterocycles. The van der Waals surface area contributed by atoms with Crippen LogP contribution in [0.1, 0.15) is 13.8 Å². The maximum absolute atomic E-state index is 10.5. The normalized spacial score (nSPS) is 8.33. The largest absolute Gasteiger partial charge is 0.277 e. The van der Waals surface area contributed by atoms with Gasteiger partial charge in [0.15, 0.2) is 0 Å². The highest BCUT2D eigenvalue weighted by Gasteiger charge is 1.90. The zero-order valence-corrected chi connectivity index (χ0v) is 5.89. The van der Waals surface area contributed by atoms with Crippen LogP contribution in [0.15, 0.2) is 11.6 Å². The van der Waals surface area contributed by atoms with Gasteiger partial charge in [-0.15, -0.1) is 0 Å². The highest BCUT2D eigenvalue weighted by molar-refractivity contribution is 5.87. The van der Waals surface area contributed by atoms with Crippen LogP contribution in [-0.4, -0.2) is 13.0 Å². The highest BCUT2D eigenvalue weighted by atomic mass is 16.6. The second kappa shape index (κ2) is 4.09. The number of nitrogens with one attached hydrogen (secondary N) is 1. The number of amides is 1. The maximum atomic E-state index is 10.5. The summed E-state index contributed by atoms with van der Waals surface area (Å²) in [6.07, 6.45) is 1.46. The summed E-state index contributed by atoms with van der Waals surface area (Å²) in [4.78, 5) is 14.9. The SMILES string of the molecule is CONC(=O)C=C(C)C. The third-order valence-electron chi connectivity index (χ3n) is 0.622. The minimum Gasteiger partial charge on any atom is -0.277 e. The van der Waals surface area contributed by atoms with E-state index in [1.54, 1.807) is 0 Å². The molecule has 0 aliphatic carbocycles. The molecule has 52 valence electrons. The molecule has 0 aromatic rings. The zero-order chi connectivity index (χ0) is 7.28. The Kier molecular flexibility index (Phi) is 3.71. The molecule has 1 amide bonds. The molecular formula is C6H11NO2. The molecule has 0 saturated heterocycles. The van der Waals surface area contributed by atoms with Crippen molar-refractivity contribution in [2.45, 2.75) is 13.8 Å². The fourth-order valence-electron chi connectivity index (χ4n) is 0.392. The van der Waals surface area contributed by atoms with Crippen molar-refractivity contribution in [1.29, 1.82) is 0 Å². The number of hydrogen-bond acceptors (Lipinski definition) is 2. The van der Waals surface area contributed by atoms with Gasteiger partial charge in [-0.3, -0.25) is 9.63 Å². The number of carbonyl (C=O) groups excluding carboxylic acids is 1. The van der Waals surface area contributed by atoms with Crippen LogP contribution < -0.4 is 5.48 Å². The summed E-state index contributed by atoms with van der Waals surface area (Å²) in [6, 6.07) is 0. The minimum atomic E-state index is -0.225. The Morgan fingerprint density at radius 1 is 1.56 bits per heavy atom. The fraction of sp³-hybridized carbons (Fsp3) is 0.500. The van der Waals surface area contributed by atoms with E-state index in [0.29, 0.717) is 0 Å². The van der Waals surface area contributed by atoms with Gasteiger partial charge in [-0.25, -0.2) is 5.48 Å². The molecule has 0 rings (SSSR count). The van der Waals surface area contributed by atoms with Crippen LogP contribution in [0.4, 0.5) is 0 Å². The summed E-state index contributed by atoms with van der Waals surface area (Å²) >= 11 is 0. The minimum absolute atomic E-state index is 0.225. The molecule has 3 nitrogen and oxygen atoms in total. The van der Waals surface area contributed by atoms with Crippen LogP contribution >= 0.6 is 0 Å². The van der Waals surface area contributed by atoms with Gasteiger partial charge in [0.1, 0.15) is 0 Å². The topological polar surface area (TPSA) is 38.3 Å². The summed E-state index contributed by atoms with van der Waals surface area (Å²) in [5.41, 5.74) is 3.11. The second-order valence-corrected chi connectivity index (χ2v) is 1.89. The molecule has 0 aromatic carbocycles. The number of allylic oxidation sites excluding steroid dienone is 1. The molecule has 0 saturated carbocycles. The van der Waals surface area contributed by atoms with Gasteiger partial charge < -0.3 is 0 Å². The summed E-state index contributed by atoms with van der Waals surface area (Å²) in [7, 11) is 1.40. The molecule has 0 fully saturated rings. The monoisotopic (exact) mass is 129 g/mol. The van der Waals surface area contributed by atoms with Gasteiger partial charge in [0.05, 0.1) is 7.11 Å². The lowest BCUT2D eigenvalue weighted by atomic mass is 10.3. The van der Waals surface area contributed by atoms with Crippen molar-refractivity contribution < 1.29 is 9.63 Å². The number of carbonyl (C=O) groups is 1. The second-order valence-electron chi connectivity index (χ2n) is 1.89. The Bertz CT molecular complexity index is 125. The third-order valence-corrected chi connectivity index (χ3v) is 0.622. The first-order chi connectivity index (χ1) is 4.16. The van der Waals surface area contributed by atoms with E-state index in [0.717, 1.165) is 5.57 Å². The third kappa shape index (κ3) is 5.03. The molecule has 9 heavy (non-hydrogen) atoms. The molecule has 0 unspecified atom stereocenters. The van der Waals surface area contributed by atoms with E-state index < -0.39 is 0 Å². The van der Waals surface area contributed by atoms with Crippen LogP contribution in [0.5, 0.6) is 0 Å². The lowest BCUT2D eigenvalue weighted by Gasteiger charge is -1.94. The van der Waals surface area contributed by atoms with Crippen LogP contribution in [0, 0.1) is 0 Å². The Morgan fingerprint density at radius 2 is 2.11 bits per heavy atom. The smallest absolute Gasteiger partial charge is 0.267 e. The van der Waals surface area contributed by atoms with Gasteiger partial charge in [0.2, 0.25) is 0 Å². The molecule has 1 N–H and O–H groups in total. The van der Waals surface area contributed by atoms with Crippen molar-refractivity contribution >= 4 is 5.91 Å². The van der Waals surface area contributed by atoms with Crippen molar-refractivity contribution in [2.24, 2.45) is 0 Å². The summed E-state index contributed by atoms with van der Waals surface area (Å²) in [6.45, 7) is 3.68. The van der Waals surface area contributed by atoms with Crippen LogP contribution in [-0.2, 0) is 9.63 Å². The Labute approximate surface area is 54.7 Å². The number of hydroxylamine groups is 1. The summed E-state index contributed by atoms with van der Waals surface area (Å²) in [5.74, 6) is -0.225. The van der Waals surface area contributed by atoms with E-state index >= 15 is 0 Å². The van der Waals surface area contributed by atoms with Crippen molar-refractivity contribution in [2.75, 3.05) is 7.11 Å². The summed E-state index contributed by atoms with van der Waals surface area (Å²) < 4.78 is 0. The van der Waals surface area contributed by atoms with E-state index in [-0.39, 0.29) is 5.91 Å². The quantitative estimate of drug-likeness (QED) is 0.438. The fourth-order valence-corrected chi connectivity index (χ4v) is 0.392. The van der Waals surface area contributed by atoms with Gasteiger partial charge in [-0.05, 0) is 13.8 Å². The van der Waals surface area contributed by atoms with E-state index in [9.17, 15) is 4.79 Å². The predicted octanol–water partition coefficient (Wildman–Crippen LogP) is 0.630. The van der Waals surface area contributed by atoms with Crippen LogP contribution in [0.2, 0.25) is 0 Å². The molecule has 0 aliphatic rings. The predicted molar refractivity (Wildman–Crippen MR) is 34.6 cm³/mol. The lowest BCUT2D eigenvalue weighted by molar-refractivity contribution is -0.126. The Morgan fingerprint density at radius 3 is 2.44 bits per heavy atom. The van der Waals surface area contributed by atoms with Crippen molar-refractivity contribution in [3.05, 3.63) is 11.6 Å². The molecule has 3 heteroatoms. The highest BCUT2D eigenvalue weighted by Crippen LogP contribution is 1.86. The Hall–Kier alpha value is -0.830. The first-order valence-electron chi connectivity index (χ1n) is 2.64. The van der Waals surface area contributed by atoms with Gasteiger partial charge in [0.25, 0.3) is 5.91 Å². The lowest BCUT2D eigenvalue weighted by Crippen LogP contribution is -2.19. The van der Waals surface area contributed by atoms with Gasteiger partial charge >= 0.3 is 0 Å². The van der Waals surface area contributed by atoms with Crippen LogP contribution in [0.3, 0.4) is 0 Å². The van der Waals surface area contributed by atoms with Gasteiger partial charge in [-0.2, -0.15) is 0 Å².